The Morgan fingerprint density at radius 1 is 1.13 bits per heavy atom. The second-order valence-electron chi connectivity index (χ2n) is 4.17. The first-order valence-electron chi connectivity index (χ1n) is 5.35. The van der Waals surface area contributed by atoms with Crippen LogP contribution in [0.3, 0.4) is 0 Å². The molecule has 0 amide bonds. The molecule has 1 aromatic rings. The van der Waals surface area contributed by atoms with Crippen LogP contribution in [0, 0.1) is 0 Å². The fourth-order valence-electron chi connectivity index (χ4n) is 1.48. The zero-order valence-electron chi connectivity index (χ0n) is 9.90. The van der Waals surface area contributed by atoms with Crippen LogP contribution >= 0.6 is 0 Å². The van der Waals surface area contributed by atoms with Crippen LogP contribution in [-0.4, -0.2) is 29.8 Å². The van der Waals surface area contributed by atoms with Crippen LogP contribution in [0.25, 0.3) is 0 Å². The van der Waals surface area contributed by atoms with Gasteiger partial charge in [0.25, 0.3) is 0 Å². The first-order valence-corrected chi connectivity index (χ1v) is 5.35. The molecule has 0 N–H and O–H groups in total. The highest BCUT2D eigenvalue weighted by Crippen LogP contribution is 2.09. The molecule has 0 aliphatic heterocycles. The normalized spacial score (nSPS) is 13.2. The highest BCUT2D eigenvalue weighted by Gasteiger charge is 2.20. The molecule has 2 nitrogen and oxygen atoms in total. The van der Waals surface area contributed by atoms with Gasteiger partial charge in [-0.1, -0.05) is 30.3 Å². The van der Waals surface area contributed by atoms with Gasteiger partial charge < -0.3 is 0 Å². The molecule has 0 aliphatic carbocycles. The number of carbonyl (C=O) groups excluding carboxylic acids is 1. The van der Waals surface area contributed by atoms with E-state index < -0.39 is 0 Å². The van der Waals surface area contributed by atoms with Crippen molar-refractivity contribution in [1.29, 1.82) is 0 Å². The molecule has 2 heteroatoms. The summed E-state index contributed by atoms with van der Waals surface area (Å²) in [5, 5.41) is 0. The Morgan fingerprint density at radius 2 is 1.67 bits per heavy atom. The standard InChI is InChI=1S/C13H19NO/c1-10(2)14(4)11(3)13(15)12-8-6-5-7-9-12/h5-11H,1-4H3/t11-/m0/s1. The zero-order valence-corrected chi connectivity index (χ0v) is 9.90. The van der Waals surface area contributed by atoms with E-state index in [1.807, 2.05) is 44.3 Å². The van der Waals surface area contributed by atoms with Crippen LogP contribution in [0.5, 0.6) is 0 Å². The number of hydrogen-bond donors (Lipinski definition) is 0. The average Bonchev–Trinajstić information content (AvgIpc) is 2.27. The maximum atomic E-state index is 12.0. The first kappa shape index (κ1) is 11.9. The van der Waals surface area contributed by atoms with E-state index in [9.17, 15) is 4.79 Å². The van der Waals surface area contributed by atoms with Gasteiger partial charge in [0.15, 0.2) is 5.78 Å². The average molecular weight is 205 g/mol. The van der Waals surface area contributed by atoms with Crippen molar-refractivity contribution in [2.75, 3.05) is 7.05 Å². The van der Waals surface area contributed by atoms with Crippen molar-refractivity contribution < 1.29 is 4.79 Å². The van der Waals surface area contributed by atoms with Crippen LogP contribution in [0.2, 0.25) is 0 Å². The fourth-order valence-corrected chi connectivity index (χ4v) is 1.48. The zero-order chi connectivity index (χ0) is 11.4. The lowest BCUT2D eigenvalue weighted by Gasteiger charge is -2.27. The second kappa shape index (κ2) is 5.08. The van der Waals surface area contributed by atoms with Crippen LogP contribution in [-0.2, 0) is 0 Å². The molecule has 0 fully saturated rings. The summed E-state index contributed by atoms with van der Waals surface area (Å²) in [6, 6.07) is 9.78. The van der Waals surface area contributed by atoms with Gasteiger partial charge in [-0.15, -0.1) is 0 Å². The minimum atomic E-state index is -0.0626. The number of ketones is 1. The van der Waals surface area contributed by atoms with Crippen LogP contribution in [0.4, 0.5) is 0 Å². The number of benzene rings is 1. The molecule has 0 unspecified atom stereocenters. The van der Waals surface area contributed by atoms with Crippen molar-refractivity contribution >= 4 is 5.78 Å². The van der Waals surface area contributed by atoms with Gasteiger partial charge >= 0.3 is 0 Å². The Morgan fingerprint density at radius 3 is 2.13 bits per heavy atom. The van der Waals surface area contributed by atoms with Crippen molar-refractivity contribution in [3.63, 3.8) is 0 Å². The number of carbonyl (C=O) groups is 1. The minimum absolute atomic E-state index is 0.0626. The van der Waals surface area contributed by atoms with E-state index in [-0.39, 0.29) is 11.8 Å². The van der Waals surface area contributed by atoms with E-state index >= 15 is 0 Å². The lowest BCUT2D eigenvalue weighted by molar-refractivity contribution is 0.0836. The predicted molar refractivity (Wildman–Crippen MR) is 63.1 cm³/mol. The van der Waals surface area contributed by atoms with Crippen LogP contribution < -0.4 is 0 Å². The molecule has 82 valence electrons. The summed E-state index contributed by atoms with van der Waals surface area (Å²) in [6.07, 6.45) is 0. The van der Waals surface area contributed by atoms with Gasteiger partial charge in [0.05, 0.1) is 6.04 Å². The van der Waals surface area contributed by atoms with Gasteiger partial charge in [-0.3, -0.25) is 9.69 Å². The molecule has 1 rings (SSSR count). The van der Waals surface area contributed by atoms with Crippen molar-refractivity contribution in [1.82, 2.24) is 4.90 Å². The second-order valence-corrected chi connectivity index (χ2v) is 4.17. The Hall–Kier alpha value is -1.15. The molecular formula is C13H19NO. The van der Waals surface area contributed by atoms with Gasteiger partial charge in [0, 0.05) is 11.6 Å². The molecule has 15 heavy (non-hydrogen) atoms. The third kappa shape index (κ3) is 2.90. The topological polar surface area (TPSA) is 20.3 Å². The summed E-state index contributed by atoms with van der Waals surface area (Å²) in [7, 11) is 1.98. The monoisotopic (exact) mass is 205 g/mol. The molecule has 0 spiro atoms. The van der Waals surface area contributed by atoms with Gasteiger partial charge in [-0.2, -0.15) is 0 Å². The van der Waals surface area contributed by atoms with Gasteiger partial charge in [0.2, 0.25) is 0 Å². The summed E-state index contributed by atoms with van der Waals surface area (Å²) in [5.41, 5.74) is 0.789. The molecule has 1 atom stereocenters. The van der Waals surface area contributed by atoms with Crippen molar-refractivity contribution in [3.05, 3.63) is 35.9 Å². The number of Topliss-reactive ketones (excluding diaryl/α,β-unsaturated/α-hetero) is 1. The predicted octanol–water partition coefficient (Wildman–Crippen LogP) is 2.60. The Kier molecular flexibility index (Phi) is 4.04. The summed E-state index contributed by atoms with van der Waals surface area (Å²) in [5.74, 6) is 0.187. The summed E-state index contributed by atoms with van der Waals surface area (Å²) in [6.45, 7) is 6.14. The van der Waals surface area contributed by atoms with E-state index in [1.54, 1.807) is 0 Å². The lowest BCUT2D eigenvalue weighted by atomic mass is 10.0. The molecule has 1 aromatic carbocycles. The molecule has 0 radical (unpaired) electrons. The molecule has 0 saturated heterocycles. The number of hydrogen-bond acceptors (Lipinski definition) is 2. The van der Waals surface area contributed by atoms with E-state index in [2.05, 4.69) is 18.7 Å². The van der Waals surface area contributed by atoms with E-state index in [0.29, 0.717) is 6.04 Å². The molecular weight excluding hydrogens is 186 g/mol. The molecule has 0 aromatic heterocycles. The molecule has 0 bridgehead atoms. The lowest BCUT2D eigenvalue weighted by Crippen LogP contribution is -2.40. The maximum absolute atomic E-state index is 12.0. The quantitative estimate of drug-likeness (QED) is 0.704. The highest BCUT2D eigenvalue weighted by molar-refractivity contribution is 5.99. The maximum Gasteiger partial charge on any atom is 0.179 e. The third-order valence-electron chi connectivity index (χ3n) is 2.86. The largest absolute Gasteiger partial charge is 0.294 e. The van der Waals surface area contributed by atoms with E-state index in [4.69, 9.17) is 0 Å². The Balaban J connectivity index is 2.78. The van der Waals surface area contributed by atoms with Crippen molar-refractivity contribution in [2.45, 2.75) is 32.9 Å². The SMILES string of the molecule is CC(C)N(C)[C@@H](C)C(=O)c1ccccc1. The number of nitrogens with zero attached hydrogens (tertiary/aromatic N) is 1. The summed E-state index contributed by atoms with van der Waals surface area (Å²) >= 11 is 0. The Labute approximate surface area is 91.9 Å². The van der Waals surface area contributed by atoms with Gasteiger partial charge in [-0.25, -0.2) is 0 Å². The summed E-state index contributed by atoms with van der Waals surface area (Å²) in [4.78, 5) is 14.1. The number of likely N-dealkylation sites (N-methyl/N-ethyl adjacent to an activating group) is 1. The Bertz CT molecular complexity index is 319. The summed E-state index contributed by atoms with van der Waals surface area (Å²) < 4.78 is 0. The van der Waals surface area contributed by atoms with Crippen molar-refractivity contribution in [2.24, 2.45) is 0 Å². The molecule has 0 aliphatic rings. The first-order chi connectivity index (χ1) is 7.04. The van der Waals surface area contributed by atoms with Crippen molar-refractivity contribution in [3.8, 4) is 0 Å². The number of rotatable bonds is 4. The smallest absolute Gasteiger partial charge is 0.179 e. The van der Waals surface area contributed by atoms with Gasteiger partial charge in [-0.05, 0) is 27.8 Å². The third-order valence-corrected chi connectivity index (χ3v) is 2.86. The van der Waals surface area contributed by atoms with Crippen LogP contribution in [0.1, 0.15) is 31.1 Å². The molecule has 0 heterocycles. The van der Waals surface area contributed by atoms with Crippen LogP contribution in [0.15, 0.2) is 30.3 Å². The van der Waals surface area contributed by atoms with E-state index in [0.717, 1.165) is 5.56 Å². The minimum Gasteiger partial charge on any atom is -0.294 e. The fraction of sp³-hybridized carbons (Fsp3) is 0.462. The highest BCUT2D eigenvalue weighted by atomic mass is 16.1. The van der Waals surface area contributed by atoms with E-state index in [1.165, 1.54) is 0 Å². The van der Waals surface area contributed by atoms with Gasteiger partial charge in [0.1, 0.15) is 0 Å². The molecule has 0 saturated carbocycles.